The lowest BCUT2D eigenvalue weighted by Crippen LogP contribution is -2.44. The van der Waals surface area contributed by atoms with Gasteiger partial charge in [0.05, 0.1) is 5.56 Å². The normalized spacial score (nSPS) is 11.6. The zero-order chi connectivity index (χ0) is 12.8. The number of likely N-dealkylation sites (N-methyl/N-ethyl adjacent to an activating group) is 1. The molecule has 1 aromatic carbocycles. The smallest absolute Gasteiger partial charge is 0.255 e. The van der Waals surface area contributed by atoms with Gasteiger partial charge in [-0.2, -0.15) is 0 Å². The number of phenolic OH excluding ortho intramolecular Hbond substituents is 1. The summed E-state index contributed by atoms with van der Waals surface area (Å²) in [5.74, 6) is -0.828. The van der Waals surface area contributed by atoms with Gasteiger partial charge in [-0.1, -0.05) is 12.1 Å². The predicted molar refractivity (Wildman–Crippen MR) is 63.7 cm³/mol. The van der Waals surface area contributed by atoms with Crippen molar-refractivity contribution in [3.05, 3.63) is 29.8 Å². The van der Waals surface area contributed by atoms with Crippen molar-refractivity contribution in [1.29, 1.82) is 0 Å². The largest absolute Gasteiger partial charge is 0.507 e. The van der Waals surface area contributed by atoms with Gasteiger partial charge >= 0.3 is 0 Å². The Bertz CT molecular complexity index is 418. The Hall–Kier alpha value is -2.04. The standard InChI is InChI=1S/C12H16N2O3/c1-3-13-11(16)8(2)14-12(17)9-6-4-5-7-10(9)15/h4-8,15H,3H2,1-2H3,(H,13,16)(H,14,17). The summed E-state index contributed by atoms with van der Waals surface area (Å²) in [5, 5.41) is 14.6. The van der Waals surface area contributed by atoms with Crippen LogP contribution in [0.25, 0.3) is 0 Å². The molecule has 1 rings (SSSR count). The van der Waals surface area contributed by atoms with Crippen molar-refractivity contribution in [3.8, 4) is 5.75 Å². The van der Waals surface area contributed by atoms with E-state index in [4.69, 9.17) is 0 Å². The SMILES string of the molecule is CCNC(=O)C(C)NC(=O)c1ccccc1O. The Balaban J connectivity index is 2.67. The molecule has 1 unspecified atom stereocenters. The molecule has 0 saturated carbocycles. The summed E-state index contributed by atoms with van der Waals surface area (Å²) in [6.07, 6.45) is 0. The molecular formula is C12H16N2O3. The van der Waals surface area contributed by atoms with Gasteiger partial charge in [0, 0.05) is 6.54 Å². The maximum Gasteiger partial charge on any atom is 0.255 e. The number of carbonyl (C=O) groups excluding carboxylic acids is 2. The second-order valence-corrected chi connectivity index (χ2v) is 3.61. The number of hydrogen-bond acceptors (Lipinski definition) is 3. The molecule has 5 heteroatoms. The van der Waals surface area contributed by atoms with Gasteiger partial charge in [0.25, 0.3) is 5.91 Å². The van der Waals surface area contributed by atoms with E-state index >= 15 is 0 Å². The molecule has 17 heavy (non-hydrogen) atoms. The molecule has 0 aliphatic carbocycles. The zero-order valence-electron chi connectivity index (χ0n) is 9.86. The van der Waals surface area contributed by atoms with Crippen LogP contribution in [-0.4, -0.2) is 29.5 Å². The highest BCUT2D eigenvalue weighted by Crippen LogP contribution is 2.15. The third-order valence-electron chi connectivity index (χ3n) is 2.24. The number of hydrogen-bond donors (Lipinski definition) is 3. The van der Waals surface area contributed by atoms with Crippen molar-refractivity contribution in [1.82, 2.24) is 10.6 Å². The molecule has 0 saturated heterocycles. The Kier molecular flexibility index (Phi) is 4.51. The summed E-state index contributed by atoms with van der Waals surface area (Å²) >= 11 is 0. The third kappa shape index (κ3) is 3.48. The molecule has 0 fully saturated rings. The van der Waals surface area contributed by atoms with Crippen LogP contribution in [0.15, 0.2) is 24.3 Å². The van der Waals surface area contributed by atoms with Crippen LogP contribution in [0.2, 0.25) is 0 Å². The van der Waals surface area contributed by atoms with Crippen LogP contribution >= 0.6 is 0 Å². The second kappa shape index (κ2) is 5.89. The van der Waals surface area contributed by atoms with E-state index < -0.39 is 11.9 Å². The predicted octanol–water partition coefficient (Wildman–Crippen LogP) is 0.647. The van der Waals surface area contributed by atoms with E-state index in [1.54, 1.807) is 26.0 Å². The summed E-state index contributed by atoms with van der Waals surface area (Å²) in [7, 11) is 0. The summed E-state index contributed by atoms with van der Waals surface area (Å²) in [6, 6.07) is 5.55. The quantitative estimate of drug-likeness (QED) is 0.718. The van der Waals surface area contributed by atoms with Gasteiger partial charge in [-0.15, -0.1) is 0 Å². The highest BCUT2D eigenvalue weighted by Gasteiger charge is 2.17. The van der Waals surface area contributed by atoms with Gasteiger partial charge in [-0.05, 0) is 26.0 Å². The van der Waals surface area contributed by atoms with Gasteiger partial charge in [0.2, 0.25) is 5.91 Å². The molecule has 0 radical (unpaired) electrons. The lowest BCUT2D eigenvalue weighted by atomic mass is 10.1. The van der Waals surface area contributed by atoms with Crippen LogP contribution < -0.4 is 10.6 Å². The Morgan fingerprint density at radius 2 is 2.00 bits per heavy atom. The highest BCUT2D eigenvalue weighted by molar-refractivity contribution is 5.99. The molecule has 0 heterocycles. The monoisotopic (exact) mass is 236 g/mol. The van der Waals surface area contributed by atoms with Crippen LogP contribution in [0.5, 0.6) is 5.75 Å². The molecule has 1 atom stereocenters. The number of phenols is 1. The Morgan fingerprint density at radius 3 is 2.59 bits per heavy atom. The first-order valence-electron chi connectivity index (χ1n) is 5.42. The van der Waals surface area contributed by atoms with Crippen LogP contribution in [0.4, 0.5) is 0 Å². The van der Waals surface area contributed by atoms with Gasteiger partial charge in [0.15, 0.2) is 0 Å². The fourth-order valence-electron chi connectivity index (χ4n) is 1.33. The molecule has 3 N–H and O–H groups in total. The first-order chi connectivity index (χ1) is 8.06. The van der Waals surface area contributed by atoms with E-state index in [9.17, 15) is 14.7 Å². The third-order valence-corrected chi connectivity index (χ3v) is 2.24. The molecule has 0 spiro atoms. The average molecular weight is 236 g/mol. The first kappa shape index (κ1) is 13.0. The summed E-state index contributed by atoms with van der Waals surface area (Å²) < 4.78 is 0. The average Bonchev–Trinajstić information content (AvgIpc) is 2.29. The number of rotatable bonds is 4. The topological polar surface area (TPSA) is 78.4 Å². The van der Waals surface area contributed by atoms with Crippen LogP contribution in [0, 0.1) is 0 Å². The van der Waals surface area contributed by atoms with E-state index in [2.05, 4.69) is 10.6 Å². The van der Waals surface area contributed by atoms with Crippen molar-refractivity contribution in [2.24, 2.45) is 0 Å². The maximum absolute atomic E-state index is 11.7. The Morgan fingerprint density at radius 1 is 1.35 bits per heavy atom. The fourth-order valence-corrected chi connectivity index (χ4v) is 1.33. The van der Waals surface area contributed by atoms with E-state index in [0.717, 1.165) is 0 Å². The Labute approximate surface area is 99.8 Å². The van der Waals surface area contributed by atoms with Gasteiger partial charge in [0.1, 0.15) is 11.8 Å². The zero-order valence-corrected chi connectivity index (χ0v) is 9.86. The molecule has 92 valence electrons. The summed E-state index contributed by atoms with van der Waals surface area (Å²) in [4.78, 5) is 23.1. The molecule has 0 bridgehead atoms. The first-order valence-corrected chi connectivity index (χ1v) is 5.42. The number of para-hydroxylation sites is 1. The molecule has 1 aromatic rings. The summed E-state index contributed by atoms with van der Waals surface area (Å²) in [6.45, 7) is 3.90. The molecular weight excluding hydrogens is 220 g/mol. The number of aromatic hydroxyl groups is 1. The lowest BCUT2D eigenvalue weighted by Gasteiger charge is -2.13. The molecule has 0 aromatic heterocycles. The van der Waals surface area contributed by atoms with Gasteiger partial charge < -0.3 is 15.7 Å². The number of carbonyl (C=O) groups is 2. The molecule has 2 amide bonds. The lowest BCUT2D eigenvalue weighted by molar-refractivity contribution is -0.122. The maximum atomic E-state index is 11.7. The van der Waals surface area contributed by atoms with E-state index in [0.29, 0.717) is 6.54 Å². The fraction of sp³-hybridized carbons (Fsp3) is 0.333. The van der Waals surface area contributed by atoms with Crippen molar-refractivity contribution < 1.29 is 14.7 Å². The van der Waals surface area contributed by atoms with Crippen LogP contribution in [0.1, 0.15) is 24.2 Å². The minimum atomic E-state index is -0.637. The van der Waals surface area contributed by atoms with Crippen molar-refractivity contribution in [2.75, 3.05) is 6.54 Å². The number of amides is 2. The molecule has 5 nitrogen and oxygen atoms in total. The van der Waals surface area contributed by atoms with Crippen molar-refractivity contribution in [3.63, 3.8) is 0 Å². The van der Waals surface area contributed by atoms with E-state index in [1.807, 2.05) is 0 Å². The minimum absolute atomic E-state index is 0.104. The van der Waals surface area contributed by atoms with Crippen molar-refractivity contribution in [2.45, 2.75) is 19.9 Å². The van der Waals surface area contributed by atoms with Crippen LogP contribution in [-0.2, 0) is 4.79 Å². The number of nitrogens with one attached hydrogen (secondary N) is 2. The second-order valence-electron chi connectivity index (χ2n) is 3.61. The van der Waals surface area contributed by atoms with Crippen LogP contribution in [0.3, 0.4) is 0 Å². The minimum Gasteiger partial charge on any atom is -0.507 e. The van der Waals surface area contributed by atoms with E-state index in [1.165, 1.54) is 12.1 Å². The van der Waals surface area contributed by atoms with Gasteiger partial charge in [-0.25, -0.2) is 0 Å². The van der Waals surface area contributed by atoms with E-state index in [-0.39, 0.29) is 17.2 Å². The molecule has 0 aliphatic rings. The summed E-state index contributed by atoms with van der Waals surface area (Å²) in [5.41, 5.74) is 0.156. The highest BCUT2D eigenvalue weighted by atomic mass is 16.3. The number of benzene rings is 1. The van der Waals surface area contributed by atoms with Gasteiger partial charge in [-0.3, -0.25) is 9.59 Å². The molecule has 0 aliphatic heterocycles. The van der Waals surface area contributed by atoms with Crippen molar-refractivity contribution >= 4 is 11.8 Å².